The van der Waals surface area contributed by atoms with E-state index in [0.717, 1.165) is 102 Å². The van der Waals surface area contributed by atoms with Gasteiger partial charge in [0.15, 0.2) is 12.2 Å². The Bertz CT molecular complexity index is 1760. The number of hydrogen-bond acceptors (Lipinski definition) is 15. The third-order valence-electron chi connectivity index (χ3n) is 17.1. The molecule has 17 nitrogen and oxygen atoms in total. The zero-order chi connectivity index (χ0) is 67.0. The maximum Gasteiger partial charge on any atom is 0.472 e. The number of rotatable bonds is 72. The van der Waals surface area contributed by atoms with Gasteiger partial charge >= 0.3 is 39.5 Å². The first kappa shape index (κ1) is 89.1. The van der Waals surface area contributed by atoms with Gasteiger partial charge in [-0.25, -0.2) is 9.13 Å². The van der Waals surface area contributed by atoms with Crippen LogP contribution in [-0.2, 0) is 65.4 Å². The highest BCUT2D eigenvalue weighted by Gasteiger charge is 2.30. The van der Waals surface area contributed by atoms with Crippen LogP contribution in [0.4, 0.5) is 0 Å². The Hall–Kier alpha value is -1.94. The van der Waals surface area contributed by atoms with Crippen LogP contribution in [0.25, 0.3) is 0 Å². The first-order chi connectivity index (χ1) is 44.1. The zero-order valence-electron chi connectivity index (χ0n) is 59.0. The van der Waals surface area contributed by atoms with E-state index in [0.29, 0.717) is 25.7 Å². The zero-order valence-corrected chi connectivity index (χ0v) is 60.8. The fraction of sp³-hybridized carbons (Fsp3) is 0.944. The summed E-state index contributed by atoms with van der Waals surface area (Å²) in [7, 11) is -9.89. The van der Waals surface area contributed by atoms with Gasteiger partial charge in [0.25, 0.3) is 0 Å². The van der Waals surface area contributed by atoms with Crippen LogP contribution in [0.3, 0.4) is 0 Å². The number of aliphatic hydroxyl groups is 1. The van der Waals surface area contributed by atoms with Gasteiger partial charge in [-0.3, -0.25) is 37.3 Å². The van der Waals surface area contributed by atoms with Crippen LogP contribution < -0.4 is 0 Å². The van der Waals surface area contributed by atoms with Crippen molar-refractivity contribution in [1.82, 2.24) is 0 Å². The summed E-state index contributed by atoms with van der Waals surface area (Å²) in [6.07, 6.45) is 53.2. The normalized spacial score (nSPS) is 14.3. The Morgan fingerprint density at radius 3 is 0.780 bits per heavy atom. The number of carbonyl (C=O) groups excluding carboxylic acids is 4. The lowest BCUT2D eigenvalue weighted by Crippen LogP contribution is -2.30. The predicted molar refractivity (Wildman–Crippen MR) is 368 cm³/mol. The molecule has 0 spiro atoms. The molecule has 3 unspecified atom stereocenters. The molecule has 91 heavy (non-hydrogen) atoms. The van der Waals surface area contributed by atoms with Gasteiger partial charge in [0.2, 0.25) is 0 Å². The van der Waals surface area contributed by atoms with E-state index in [9.17, 15) is 43.2 Å². The molecule has 0 aliphatic rings. The van der Waals surface area contributed by atoms with Crippen LogP contribution in [0.1, 0.15) is 375 Å². The van der Waals surface area contributed by atoms with E-state index in [-0.39, 0.29) is 25.7 Å². The Morgan fingerprint density at radius 1 is 0.308 bits per heavy atom. The van der Waals surface area contributed by atoms with Gasteiger partial charge < -0.3 is 33.8 Å². The Morgan fingerprint density at radius 2 is 0.527 bits per heavy atom. The van der Waals surface area contributed by atoms with E-state index >= 15 is 0 Å². The van der Waals surface area contributed by atoms with Crippen molar-refractivity contribution >= 4 is 39.5 Å². The van der Waals surface area contributed by atoms with Crippen molar-refractivity contribution in [1.29, 1.82) is 0 Å². The van der Waals surface area contributed by atoms with Crippen molar-refractivity contribution in [2.45, 2.75) is 393 Å². The van der Waals surface area contributed by atoms with E-state index in [1.807, 2.05) is 0 Å². The molecule has 0 aromatic carbocycles. The van der Waals surface area contributed by atoms with Crippen molar-refractivity contribution in [3.8, 4) is 0 Å². The molecule has 6 atom stereocenters. The minimum Gasteiger partial charge on any atom is -0.462 e. The maximum absolute atomic E-state index is 13.1. The van der Waals surface area contributed by atoms with E-state index < -0.39 is 97.5 Å². The van der Waals surface area contributed by atoms with Gasteiger partial charge in [-0.05, 0) is 31.6 Å². The molecular weight excluding hydrogens is 1200 g/mol. The highest BCUT2D eigenvalue weighted by molar-refractivity contribution is 7.47. The monoisotopic (exact) mass is 1340 g/mol. The maximum atomic E-state index is 13.1. The molecule has 0 amide bonds. The lowest BCUT2D eigenvalue weighted by atomic mass is 9.99. The van der Waals surface area contributed by atoms with Crippen LogP contribution in [0.15, 0.2) is 0 Å². The van der Waals surface area contributed by atoms with Gasteiger partial charge in [0, 0.05) is 25.7 Å². The molecule has 0 bridgehead atoms. The van der Waals surface area contributed by atoms with Crippen LogP contribution in [0.2, 0.25) is 0 Å². The van der Waals surface area contributed by atoms with E-state index in [4.69, 9.17) is 37.0 Å². The summed E-state index contributed by atoms with van der Waals surface area (Å²) < 4.78 is 68.1. The number of phosphoric acid groups is 2. The summed E-state index contributed by atoms with van der Waals surface area (Å²) in [4.78, 5) is 72.3. The summed E-state index contributed by atoms with van der Waals surface area (Å²) >= 11 is 0. The summed E-state index contributed by atoms with van der Waals surface area (Å²) in [5.74, 6) is -1.28. The lowest BCUT2D eigenvalue weighted by molar-refractivity contribution is -0.161. The number of esters is 4. The van der Waals surface area contributed by atoms with Crippen molar-refractivity contribution < 1.29 is 80.2 Å². The second-order valence-electron chi connectivity index (χ2n) is 26.2. The van der Waals surface area contributed by atoms with E-state index in [1.165, 1.54) is 193 Å². The van der Waals surface area contributed by atoms with Gasteiger partial charge in [0.05, 0.1) is 26.4 Å². The summed E-state index contributed by atoms with van der Waals surface area (Å²) in [5.41, 5.74) is 0. The molecule has 0 aliphatic carbocycles. The van der Waals surface area contributed by atoms with Crippen molar-refractivity contribution in [3.05, 3.63) is 0 Å². The van der Waals surface area contributed by atoms with Gasteiger partial charge in [-0.1, -0.05) is 324 Å². The quantitative estimate of drug-likeness (QED) is 0.0222. The molecule has 0 saturated heterocycles. The number of aliphatic hydroxyl groups excluding tert-OH is 1. The first-order valence-corrected chi connectivity index (χ1v) is 40.7. The molecule has 3 N–H and O–H groups in total. The van der Waals surface area contributed by atoms with E-state index in [1.54, 1.807) is 0 Å². The Balaban J connectivity index is 5.12. The molecule has 0 fully saturated rings. The molecule has 0 saturated carbocycles. The molecular formula is C72H140O17P2. The molecule has 0 heterocycles. The molecule has 540 valence electrons. The van der Waals surface area contributed by atoms with Gasteiger partial charge in [-0.2, -0.15) is 0 Å². The minimum absolute atomic E-state index is 0.105. The summed E-state index contributed by atoms with van der Waals surface area (Å²) in [5, 5.41) is 10.6. The highest BCUT2D eigenvalue weighted by atomic mass is 31.2. The molecule has 0 aromatic heterocycles. The number of carbonyl (C=O) groups is 4. The standard InChI is InChI=1S/C72H140O17P2/c1-6-10-13-16-18-20-21-22-23-24-25-26-27-32-35-39-43-48-53-58-72(77)89-68(62-83-70(75)56-51-46-41-38-34-31-29-28-30-33-37-40-45-49-54-65(5)9-4)64-87-91(80,81)85-60-66(73)59-84-90(78,79)86-63-67(61-82-69(74)55-50-44-15-12-8-3)88-71(76)57-52-47-42-36-19-17-14-11-7-2/h65-68,73H,6-64H2,1-5H3,(H,78,79)(H,80,81)/t65?,66-,67+,68+/m0/s1. The van der Waals surface area contributed by atoms with E-state index in [2.05, 4.69) is 34.6 Å². The second-order valence-corrected chi connectivity index (χ2v) is 29.1. The molecule has 0 aliphatic heterocycles. The van der Waals surface area contributed by atoms with Crippen LogP contribution >= 0.6 is 15.6 Å². The number of unbranched alkanes of at least 4 members (excludes halogenated alkanes) is 43. The smallest absolute Gasteiger partial charge is 0.462 e. The second kappa shape index (κ2) is 65.4. The minimum atomic E-state index is -4.95. The Labute approximate surface area is 556 Å². The van der Waals surface area contributed by atoms with Crippen LogP contribution in [0, 0.1) is 5.92 Å². The third kappa shape index (κ3) is 65.1. The number of phosphoric ester groups is 2. The average Bonchev–Trinajstić information content (AvgIpc) is 3.73. The molecule has 19 heteroatoms. The van der Waals surface area contributed by atoms with Gasteiger partial charge in [-0.15, -0.1) is 0 Å². The topological polar surface area (TPSA) is 237 Å². The van der Waals surface area contributed by atoms with Crippen LogP contribution in [-0.4, -0.2) is 96.7 Å². The van der Waals surface area contributed by atoms with Crippen molar-refractivity contribution in [3.63, 3.8) is 0 Å². The fourth-order valence-electron chi connectivity index (χ4n) is 11.0. The van der Waals surface area contributed by atoms with Crippen molar-refractivity contribution in [2.75, 3.05) is 39.6 Å². The summed E-state index contributed by atoms with van der Waals surface area (Å²) in [6, 6.07) is 0. The highest BCUT2D eigenvalue weighted by Crippen LogP contribution is 2.45. The molecule has 0 radical (unpaired) electrons. The molecule has 0 rings (SSSR count). The SMILES string of the molecule is CCCCCCCCCCCCCCCCCCCCCC(=O)O[C@H](COC(=O)CCCCCCCCCCCCCCCCC(C)CC)COP(=O)(O)OC[C@@H](O)COP(=O)(O)OC[C@@H](COC(=O)CCCCCCC)OC(=O)CCCCCCCCCCC. The molecule has 0 aromatic rings. The van der Waals surface area contributed by atoms with Crippen molar-refractivity contribution in [2.24, 2.45) is 5.92 Å². The lowest BCUT2D eigenvalue weighted by Gasteiger charge is -2.21. The Kier molecular flexibility index (Phi) is 64.0. The van der Waals surface area contributed by atoms with Crippen LogP contribution in [0.5, 0.6) is 0 Å². The number of hydrogen-bond donors (Lipinski definition) is 3. The summed E-state index contributed by atoms with van der Waals surface area (Å²) in [6.45, 7) is 7.21. The predicted octanol–water partition coefficient (Wildman–Crippen LogP) is 20.9. The largest absolute Gasteiger partial charge is 0.472 e. The first-order valence-electron chi connectivity index (χ1n) is 37.7. The third-order valence-corrected chi connectivity index (χ3v) is 19.0. The fourth-order valence-corrected chi connectivity index (χ4v) is 12.5. The van der Waals surface area contributed by atoms with Gasteiger partial charge in [0.1, 0.15) is 19.3 Å². The average molecular weight is 1340 g/mol. The number of ether oxygens (including phenoxy) is 4.